The molecule has 31 heavy (non-hydrogen) atoms. The summed E-state index contributed by atoms with van der Waals surface area (Å²) in [4.78, 5) is 7.77. The van der Waals surface area contributed by atoms with E-state index in [1.54, 1.807) is 0 Å². The Balaban J connectivity index is 1.56. The van der Waals surface area contributed by atoms with Crippen LogP contribution >= 0.6 is 0 Å². The molecule has 0 amide bonds. The van der Waals surface area contributed by atoms with Crippen LogP contribution in [0.5, 0.6) is 0 Å². The highest BCUT2D eigenvalue weighted by molar-refractivity contribution is 5.68. The van der Waals surface area contributed by atoms with Gasteiger partial charge in [0.2, 0.25) is 0 Å². The molecule has 5 rings (SSSR count). The molecular weight excluding hydrogens is 380 g/mol. The average molecular weight is 417 g/mol. The van der Waals surface area contributed by atoms with Crippen LogP contribution in [0.2, 0.25) is 0 Å². The number of rotatable bonds is 4. The van der Waals surface area contributed by atoms with Gasteiger partial charge in [-0.15, -0.1) is 0 Å². The number of imidazole rings is 1. The Kier molecular flexibility index (Phi) is 4.71. The lowest BCUT2D eigenvalue weighted by molar-refractivity contribution is 0.126. The monoisotopic (exact) mass is 416 g/mol. The van der Waals surface area contributed by atoms with Crippen LogP contribution in [0, 0.1) is 10.8 Å². The van der Waals surface area contributed by atoms with Gasteiger partial charge in [-0.2, -0.15) is 0 Å². The molecular formula is C27H36N4. The Labute approximate surface area is 186 Å². The van der Waals surface area contributed by atoms with Gasteiger partial charge in [-0.05, 0) is 53.7 Å². The lowest BCUT2D eigenvalue weighted by Gasteiger charge is -2.40. The van der Waals surface area contributed by atoms with Crippen molar-refractivity contribution in [3.8, 4) is 11.3 Å². The summed E-state index contributed by atoms with van der Waals surface area (Å²) in [6, 6.07) is 13.6. The molecule has 4 heteroatoms. The number of aromatic nitrogens is 2. The van der Waals surface area contributed by atoms with Crippen molar-refractivity contribution in [3.05, 3.63) is 53.9 Å². The predicted octanol–water partition coefficient (Wildman–Crippen LogP) is 6.11. The molecule has 3 heterocycles. The van der Waals surface area contributed by atoms with Crippen molar-refractivity contribution in [2.24, 2.45) is 10.8 Å². The molecule has 164 valence electrons. The van der Waals surface area contributed by atoms with Crippen LogP contribution in [0.25, 0.3) is 16.9 Å². The third kappa shape index (κ3) is 3.76. The van der Waals surface area contributed by atoms with Crippen molar-refractivity contribution >= 4 is 11.3 Å². The van der Waals surface area contributed by atoms with Crippen LogP contribution in [0.4, 0.5) is 5.69 Å². The Morgan fingerprint density at radius 1 is 1.06 bits per heavy atom. The second-order valence-electron chi connectivity index (χ2n) is 11.5. The van der Waals surface area contributed by atoms with Crippen molar-refractivity contribution in [1.29, 1.82) is 0 Å². The number of pyridine rings is 1. The SMILES string of the molecule is CC(C)c1ccc(-c2nc3ccc(N)cn3c2CN2CC3(C)CC2CC(C)(C)C3)cc1. The molecule has 2 fully saturated rings. The van der Waals surface area contributed by atoms with E-state index in [9.17, 15) is 0 Å². The third-order valence-electron chi connectivity index (χ3n) is 7.47. The molecule has 2 unspecified atom stereocenters. The number of nitrogens with zero attached hydrogens (tertiary/aromatic N) is 3. The van der Waals surface area contributed by atoms with Gasteiger partial charge < -0.3 is 10.1 Å². The smallest absolute Gasteiger partial charge is 0.137 e. The molecule has 1 saturated carbocycles. The molecule has 1 aliphatic heterocycles. The Morgan fingerprint density at radius 3 is 2.52 bits per heavy atom. The first kappa shape index (κ1) is 20.6. The molecule has 2 bridgehead atoms. The summed E-state index contributed by atoms with van der Waals surface area (Å²) in [6.45, 7) is 13.9. The Morgan fingerprint density at radius 2 is 1.81 bits per heavy atom. The second-order valence-corrected chi connectivity index (χ2v) is 11.5. The van der Waals surface area contributed by atoms with E-state index in [-0.39, 0.29) is 0 Å². The molecule has 1 saturated heterocycles. The molecule has 3 aromatic rings. The van der Waals surface area contributed by atoms with Crippen molar-refractivity contribution in [1.82, 2.24) is 14.3 Å². The highest BCUT2D eigenvalue weighted by atomic mass is 15.2. The fourth-order valence-electron chi connectivity index (χ4n) is 6.47. The molecule has 1 aromatic carbocycles. The van der Waals surface area contributed by atoms with E-state index in [1.807, 2.05) is 18.3 Å². The normalized spacial score (nSPS) is 25.5. The van der Waals surface area contributed by atoms with Gasteiger partial charge in [-0.3, -0.25) is 4.90 Å². The summed E-state index contributed by atoms with van der Waals surface area (Å²) in [6.07, 6.45) is 5.95. The minimum absolute atomic E-state index is 0.422. The lowest BCUT2D eigenvalue weighted by Crippen LogP contribution is -2.34. The van der Waals surface area contributed by atoms with E-state index < -0.39 is 0 Å². The maximum Gasteiger partial charge on any atom is 0.137 e. The zero-order valence-corrected chi connectivity index (χ0v) is 19.7. The van der Waals surface area contributed by atoms with E-state index in [1.165, 1.54) is 42.6 Å². The number of hydrogen-bond donors (Lipinski definition) is 1. The number of anilines is 1. The second kappa shape index (κ2) is 7.09. The number of hydrogen-bond acceptors (Lipinski definition) is 3. The lowest BCUT2D eigenvalue weighted by atomic mass is 9.65. The summed E-state index contributed by atoms with van der Waals surface area (Å²) in [5.41, 5.74) is 13.7. The predicted molar refractivity (Wildman–Crippen MR) is 129 cm³/mol. The van der Waals surface area contributed by atoms with E-state index in [0.717, 1.165) is 23.6 Å². The topological polar surface area (TPSA) is 46.6 Å². The minimum atomic E-state index is 0.422. The molecule has 2 atom stereocenters. The zero-order chi connectivity index (χ0) is 22.0. The van der Waals surface area contributed by atoms with Gasteiger partial charge >= 0.3 is 0 Å². The van der Waals surface area contributed by atoms with Crippen LogP contribution in [-0.4, -0.2) is 26.9 Å². The van der Waals surface area contributed by atoms with E-state index in [2.05, 4.69) is 68.2 Å². The zero-order valence-electron chi connectivity index (χ0n) is 19.7. The summed E-state index contributed by atoms with van der Waals surface area (Å²) < 4.78 is 2.22. The summed E-state index contributed by atoms with van der Waals surface area (Å²) >= 11 is 0. The standard InChI is InChI=1S/C27H36N4/c1-18(2)19-6-8-20(9-7-19)25-23(31-14-21(28)10-11-24(31)29-25)15-30-17-27(5)13-22(30)12-26(3,4)16-27/h6-11,14,18,22H,12-13,15-17,28H2,1-5H3. The molecule has 2 aromatic heterocycles. The number of likely N-dealkylation sites (tertiary alicyclic amines) is 1. The maximum atomic E-state index is 6.18. The highest BCUT2D eigenvalue weighted by Crippen LogP contribution is 2.53. The molecule has 2 aliphatic rings. The first-order valence-electron chi connectivity index (χ1n) is 11.7. The van der Waals surface area contributed by atoms with Gasteiger partial charge in [-0.25, -0.2) is 4.98 Å². The van der Waals surface area contributed by atoms with Crippen LogP contribution < -0.4 is 5.73 Å². The Hall–Kier alpha value is -2.33. The van der Waals surface area contributed by atoms with Gasteiger partial charge in [0.15, 0.2) is 0 Å². The van der Waals surface area contributed by atoms with Gasteiger partial charge in [0, 0.05) is 36.6 Å². The van der Waals surface area contributed by atoms with Crippen LogP contribution in [0.15, 0.2) is 42.6 Å². The van der Waals surface area contributed by atoms with E-state index in [0.29, 0.717) is 22.8 Å². The van der Waals surface area contributed by atoms with Crippen molar-refractivity contribution < 1.29 is 0 Å². The fraction of sp³-hybridized carbons (Fsp3) is 0.519. The van der Waals surface area contributed by atoms with Gasteiger partial charge in [-0.1, -0.05) is 58.9 Å². The number of nitrogen functional groups attached to an aromatic ring is 1. The number of nitrogens with two attached hydrogens (primary N) is 1. The number of benzene rings is 1. The highest BCUT2D eigenvalue weighted by Gasteiger charge is 2.49. The first-order chi connectivity index (χ1) is 14.6. The Bertz CT molecular complexity index is 1110. The summed E-state index contributed by atoms with van der Waals surface area (Å²) in [5.74, 6) is 0.530. The summed E-state index contributed by atoms with van der Waals surface area (Å²) in [7, 11) is 0. The first-order valence-corrected chi connectivity index (χ1v) is 11.7. The van der Waals surface area contributed by atoms with Gasteiger partial charge in [0.25, 0.3) is 0 Å². The summed E-state index contributed by atoms with van der Waals surface area (Å²) in [5, 5.41) is 0. The molecule has 0 radical (unpaired) electrons. The molecule has 2 N–H and O–H groups in total. The fourth-order valence-corrected chi connectivity index (χ4v) is 6.47. The third-order valence-corrected chi connectivity index (χ3v) is 7.47. The molecule has 4 nitrogen and oxygen atoms in total. The largest absolute Gasteiger partial charge is 0.398 e. The van der Waals surface area contributed by atoms with Crippen molar-refractivity contribution in [2.45, 2.75) is 72.4 Å². The van der Waals surface area contributed by atoms with E-state index >= 15 is 0 Å². The van der Waals surface area contributed by atoms with Gasteiger partial charge in [0.1, 0.15) is 5.65 Å². The van der Waals surface area contributed by atoms with Gasteiger partial charge in [0.05, 0.1) is 11.4 Å². The number of fused-ring (bicyclic) bond motifs is 3. The average Bonchev–Trinajstić information content (AvgIpc) is 3.15. The van der Waals surface area contributed by atoms with Crippen LogP contribution in [0.3, 0.4) is 0 Å². The van der Waals surface area contributed by atoms with E-state index in [4.69, 9.17) is 10.7 Å². The molecule has 1 aliphatic carbocycles. The van der Waals surface area contributed by atoms with Crippen molar-refractivity contribution in [2.75, 3.05) is 12.3 Å². The quantitative estimate of drug-likeness (QED) is 0.558. The van der Waals surface area contributed by atoms with Crippen LogP contribution in [-0.2, 0) is 6.54 Å². The molecule has 0 spiro atoms. The minimum Gasteiger partial charge on any atom is -0.398 e. The van der Waals surface area contributed by atoms with Crippen molar-refractivity contribution in [3.63, 3.8) is 0 Å². The maximum absolute atomic E-state index is 6.18. The van der Waals surface area contributed by atoms with Crippen LogP contribution in [0.1, 0.15) is 71.1 Å².